The van der Waals surface area contributed by atoms with Crippen molar-refractivity contribution in [2.24, 2.45) is 0 Å². The van der Waals surface area contributed by atoms with E-state index in [0.717, 1.165) is 6.42 Å². The van der Waals surface area contributed by atoms with Crippen molar-refractivity contribution in [2.75, 3.05) is 6.61 Å². The van der Waals surface area contributed by atoms with Gasteiger partial charge >= 0.3 is 11.9 Å². The van der Waals surface area contributed by atoms with E-state index in [-0.39, 0.29) is 0 Å². The van der Waals surface area contributed by atoms with Crippen LogP contribution < -0.4 is 5.32 Å². The molecular formula is C9H13NO6. The molecule has 1 saturated heterocycles. The minimum atomic E-state index is -1.41. The second kappa shape index (κ2) is 5.45. The maximum atomic E-state index is 11.4. The van der Waals surface area contributed by atoms with E-state index < -0.39 is 36.4 Å². The van der Waals surface area contributed by atoms with Crippen LogP contribution in [0.2, 0.25) is 0 Å². The summed E-state index contributed by atoms with van der Waals surface area (Å²) in [5.74, 6) is -3.21. The van der Waals surface area contributed by atoms with Gasteiger partial charge in [0.2, 0.25) is 5.91 Å². The van der Waals surface area contributed by atoms with Gasteiger partial charge in [-0.3, -0.25) is 9.59 Å². The Labute approximate surface area is 91.4 Å². The smallest absolute Gasteiger partial charge is 0.326 e. The van der Waals surface area contributed by atoms with Crippen LogP contribution in [0.15, 0.2) is 0 Å². The van der Waals surface area contributed by atoms with E-state index in [0.29, 0.717) is 13.0 Å². The van der Waals surface area contributed by atoms with Crippen molar-refractivity contribution >= 4 is 17.8 Å². The van der Waals surface area contributed by atoms with Gasteiger partial charge in [-0.2, -0.15) is 0 Å². The number of amides is 1. The summed E-state index contributed by atoms with van der Waals surface area (Å²) in [5.41, 5.74) is 0. The van der Waals surface area contributed by atoms with Crippen LogP contribution >= 0.6 is 0 Å². The van der Waals surface area contributed by atoms with Gasteiger partial charge in [0.05, 0.1) is 6.42 Å². The highest BCUT2D eigenvalue weighted by atomic mass is 16.5. The zero-order valence-corrected chi connectivity index (χ0v) is 8.51. The summed E-state index contributed by atoms with van der Waals surface area (Å²) >= 11 is 0. The fourth-order valence-electron chi connectivity index (χ4n) is 1.42. The summed E-state index contributed by atoms with van der Waals surface area (Å²) < 4.78 is 5.05. The number of carboxylic acids is 2. The highest BCUT2D eigenvalue weighted by Crippen LogP contribution is 2.12. The van der Waals surface area contributed by atoms with E-state index in [1.165, 1.54) is 0 Å². The van der Waals surface area contributed by atoms with Crippen LogP contribution in [-0.2, 0) is 19.1 Å². The predicted octanol–water partition coefficient (Wildman–Crippen LogP) is -0.790. The third-order valence-corrected chi connectivity index (χ3v) is 2.22. The molecule has 3 N–H and O–H groups in total. The Kier molecular flexibility index (Phi) is 4.24. The van der Waals surface area contributed by atoms with Crippen LogP contribution in [0.4, 0.5) is 0 Å². The lowest BCUT2D eigenvalue weighted by Crippen LogP contribution is -2.46. The van der Waals surface area contributed by atoms with Gasteiger partial charge in [-0.05, 0) is 12.8 Å². The minimum Gasteiger partial charge on any atom is -0.481 e. The second-order valence-electron chi connectivity index (χ2n) is 3.50. The number of carbonyl (C=O) groups excluding carboxylic acids is 1. The number of rotatable bonds is 5. The topological polar surface area (TPSA) is 113 Å². The molecule has 90 valence electrons. The summed E-state index contributed by atoms with van der Waals surface area (Å²) in [6.45, 7) is 0.467. The normalized spacial score (nSPS) is 21.4. The Bertz CT molecular complexity index is 296. The highest BCUT2D eigenvalue weighted by molar-refractivity contribution is 5.88. The van der Waals surface area contributed by atoms with E-state index in [9.17, 15) is 14.4 Å². The first-order chi connectivity index (χ1) is 7.50. The molecule has 1 aliphatic rings. The van der Waals surface area contributed by atoms with Crippen molar-refractivity contribution in [3.63, 3.8) is 0 Å². The van der Waals surface area contributed by atoms with Gasteiger partial charge in [0, 0.05) is 6.61 Å². The molecule has 1 amide bonds. The molecule has 0 unspecified atom stereocenters. The Morgan fingerprint density at radius 1 is 1.38 bits per heavy atom. The molecule has 0 aromatic rings. The van der Waals surface area contributed by atoms with Gasteiger partial charge in [0.25, 0.3) is 0 Å². The molecule has 2 atom stereocenters. The summed E-state index contributed by atoms with van der Waals surface area (Å²) in [6, 6.07) is -1.41. The Balaban J connectivity index is 2.50. The van der Waals surface area contributed by atoms with Crippen molar-refractivity contribution in [1.29, 1.82) is 0 Å². The fourth-order valence-corrected chi connectivity index (χ4v) is 1.42. The third kappa shape index (κ3) is 3.50. The summed E-state index contributed by atoms with van der Waals surface area (Å²) in [5, 5.41) is 19.3. The number of hydrogen-bond acceptors (Lipinski definition) is 4. The van der Waals surface area contributed by atoms with Crippen molar-refractivity contribution in [1.82, 2.24) is 5.32 Å². The molecule has 0 aromatic carbocycles. The molecule has 0 spiro atoms. The average Bonchev–Trinajstić information content (AvgIpc) is 2.68. The van der Waals surface area contributed by atoms with Crippen LogP contribution in [0, 0.1) is 0 Å². The second-order valence-corrected chi connectivity index (χ2v) is 3.50. The predicted molar refractivity (Wildman–Crippen MR) is 50.8 cm³/mol. The van der Waals surface area contributed by atoms with Gasteiger partial charge in [-0.1, -0.05) is 0 Å². The van der Waals surface area contributed by atoms with Gasteiger partial charge in [-0.15, -0.1) is 0 Å². The minimum absolute atomic E-state index is 0.467. The number of nitrogens with one attached hydrogen (secondary N) is 1. The largest absolute Gasteiger partial charge is 0.481 e. The maximum absolute atomic E-state index is 11.4. The van der Waals surface area contributed by atoms with Gasteiger partial charge < -0.3 is 20.3 Å². The number of ether oxygens (including phenoxy) is 1. The fraction of sp³-hybridized carbons (Fsp3) is 0.667. The monoisotopic (exact) mass is 231 g/mol. The lowest BCUT2D eigenvalue weighted by Gasteiger charge is -2.15. The van der Waals surface area contributed by atoms with Crippen molar-refractivity contribution in [2.45, 2.75) is 31.4 Å². The molecule has 1 rings (SSSR count). The Hall–Kier alpha value is -1.63. The van der Waals surface area contributed by atoms with E-state index >= 15 is 0 Å². The molecule has 1 heterocycles. The lowest BCUT2D eigenvalue weighted by atomic mass is 10.1. The zero-order valence-electron chi connectivity index (χ0n) is 8.51. The summed E-state index contributed by atoms with van der Waals surface area (Å²) in [4.78, 5) is 32.5. The number of carbonyl (C=O) groups is 3. The zero-order chi connectivity index (χ0) is 12.1. The molecule has 1 fully saturated rings. The van der Waals surface area contributed by atoms with E-state index in [4.69, 9.17) is 14.9 Å². The van der Waals surface area contributed by atoms with Gasteiger partial charge in [0.1, 0.15) is 12.1 Å². The van der Waals surface area contributed by atoms with Crippen LogP contribution in [0.3, 0.4) is 0 Å². The average molecular weight is 231 g/mol. The molecule has 0 saturated carbocycles. The molecule has 0 bridgehead atoms. The number of aliphatic carboxylic acids is 2. The third-order valence-electron chi connectivity index (χ3n) is 2.22. The van der Waals surface area contributed by atoms with Crippen LogP contribution in [0.25, 0.3) is 0 Å². The molecular weight excluding hydrogens is 218 g/mol. The molecule has 1 aliphatic heterocycles. The maximum Gasteiger partial charge on any atom is 0.326 e. The first kappa shape index (κ1) is 12.4. The van der Waals surface area contributed by atoms with Crippen molar-refractivity contribution < 1.29 is 29.3 Å². The van der Waals surface area contributed by atoms with Crippen molar-refractivity contribution in [3.8, 4) is 0 Å². The molecule has 0 radical (unpaired) electrons. The van der Waals surface area contributed by atoms with Crippen LogP contribution in [0.1, 0.15) is 19.3 Å². The quantitative estimate of drug-likeness (QED) is 0.571. The standard InChI is InChI=1S/C9H13NO6/c11-7(12)4-5(9(14)15)10-8(13)6-2-1-3-16-6/h5-6H,1-4H2,(H,10,13)(H,11,12)(H,14,15)/t5-,6-/m1/s1. The van der Waals surface area contributed by atoms with E-state index in [1.807, 2.05) is 0 Å². The Morgan fingerprint density at radius 3 is 2.50 bits per heavy atom. The molecule has 0 aliphatic carbocycles. The lowest BCUT2D eigenvalue weighted by molar-refractivity contribution is -0.148. The van der Waals surface area contributed by atoms with E-state index in [2.05, 4.69) is 5.32 Å². The number of carboxylic acid groups (broad SMARTS) is 2. The van der Waals surface area contributed by atoms with Gasteiger partial charge in [-0.25, -0.2) is 4.79 Å². The number of hydrogen-bond donors (Lipinski definition) is 3. The first-order valence-corrected chi connectivity index (χ1v) is 4.87. The Morgan fingerprint density at radius 2 is 2.06 bits per heavy atom. The summed E-state index contributed by atoms with van der Waals surface area (Å²) in [6.07, 6.45) is -0.0241. The summed E-state index contributed by atoms with van der Waals surface area (Å²) in [7, 11) is 0. The highest BCUT2D eigenvalue weighted by Gasteiger charge is 2.29. The SMILES string of the molecule is O=C(O)C[C@@H](NC(=O)[C@H]1CCCO1)C(=O)O. The van der Waals surface area contributed by atoms with E-state index in [1.54, 1.807) is 0 Å². The van der Waals surface area contributed by atoms with Crippen LogP contribution in [0.5, 0.6) is 0 Å². The van der Waals surface area contributed by atoms with Crippen molar-refractivity contribution in [3.05, 3.63) is 0 Å². The van der Waals surface area contributed by atoms with Gasteiger partial charge in [0.15, 0.2) is 0 Å². The molecule has 7 nitrogen and oxygen atoms in total. The van der Waals surface area contributed by atoms with Crippen LogP contribution in [-0.4, -0.2) is 46.8 Å². The molecule has 0 aromatic heterocycles. The first-order valence-electron chi connectivity index (χ1n) is 4.87. The molecule has 7 heteroatoms. The molecule has 16 heavy (non-hydrogen) atoms.